The Balaban J connectivity index is 0.00000272. The van der Waals surface area contributed by atoms with Crippen LogP contribution in [-0.2, 0) is 0 Å². The van der Waals surface area contributed by atoms with Crippen LogP contribution in [0.3, 0.4) is 0 Å². The van der Waals surface area contributed by atoms with Crippen molar-refractivity contribution in [2.75, 3.05) is 39.8 Å². The summed E-state index contributed by atoms with van der Waals surface area (Å²) in [7, 11) is 2.14. The summed E-state index contributed by atoms with van der Waals surface area (Å²) in [6.07, 6.45) is 0. The van der Waals surface area contributed by atoms with Gasteiger partial charge in [0.25, 0.3) is 5.91 Å². The average Bonchev–Trinajstić information content (AvgIpc) is 3.27. The monoisotopic (exact) mass is 445 g/mol. The number of fused-ring (bicyclic) bond motifs is 1. The first kappa shape index (κ1) is 23.4. The molecule has 168 valence electrons. The molecule has 0 radical (unpaired) electrons. The Morgan fingerprint density at radius 1 is 1.03 bits per heavy atom. The van der Waals surface area contributed by atoms with E-state index in [9.17, 15) is 4.79 Å². The SMILES string of the molecule is Cc1ccc(C(CNC(=O)c2oc3cc(C)c(C)cc3c2C)N2CCN(C)CC2)o1.Cl. The van der Waals surface area contributed by atoms with Crippen LogP contribution in [0.25, 0.3) is 11.0 Å². The zero-order valence-electron chi connectivity index (χ0n) is 18.9. The molecule has 1 amide bonds. The maximum atomic E-state index is 13.0. The van der Waals surface area contributed by atoms with Gasteiger partial charge >= 0.3 is 0 Å². The summed E-state index contributed by atoms with van der Waals surface area (Å²) in [6.45, 7) is 12.4. The molecule has 0 spiro atoms. The molecular formula is C24H32ClN3O3. The number of hydrogen-bond donors (Lipinski definition) is 1. The summed E-state index contributed by atoms with van der Waals surface area (Å²) in [5.41, 5.74) is 4.00. The minimum atomic E-state index is -0.179. The second kappa shape index (κ2) is 9.47. The van der Waals surface area contributed by atoms with Gasteiger partial charge in [0.15, 0.2) is 5.76 Å². The van der Waals surface area contributed by atoms with E-state index in [0.29, 0.717) is 12.3 Å². The van der Waals surface area contributed by atoms with E-state index in [2.05, 4.69) is 42.1 Å². The number of piperazine rings is 1. The Hall–Kier alpha value is -2.28. The number of carbonyl (C=O) groups is 1. The third kappa shape index (κ3) is 4.81. The van der Waals surface area contributed by atoms with E-state index < -0.39 is 0 Å². The Bertz CT molecular complexity index is 1060. The summed E-state index contributed by atoms with van der Waals surface area (Å²) in [5.74, 6) is 1.99. The first-order valence-corrected chi connectivity index (χ1v) is 10.6. The number of rotatable bonds is 5. The molecular weight excluding hydrogens is 414 g/mol. The number of hydrogen-bond acceptors (Lipinski definition) is 5. The minimum absolute atomic E-state index is 0. The molecule has 3 heterocycles. The number of nitrogens with zero attached hydrogens (tertiary/aromatic N) is 2. The smallest absolute Gasteiger partial charge is 0.287 e. The third-order valence-corrected chi connectivity index (χ3v) is 6.28. The lowest BCUT2D eigenvalue weighted by Gasteiger charge is -2.37. The molecule has 0 bridgehead atoms. The van der Waals surface area contributed by atoms with E-state index in [0.717, 1.165) is 59.8 Å². The van der Waals surface area contributed by atoms with Crippen LogP contribution in [0.5, 0.6) is 0 Å². The second-order valence-electron chi connectivity index (χ2n) is 8.50. The van der Waals surface area contributed by atoms with Gasteiger partial charge in [0.1, 0.15) is 17.1 Å². The molecule has 1 aliphatic rings. The number of likely N-dealkylation sites (N-methyl/N-ethyl adjacent to an activating group) is 1. The van der Waals surface area contributed by atoms with Crippen LogP contribution in [0.1, 0.15) is 44.8 Å². The highest BCUT2D eigenvalue weighted by molar-refractivity contribution is 5.99. The van der Waals surface area contributed by atoms with Crippen molar-refractivity contribution in [3.05, 3.63) is 58.2 Å². The summed E-state index contributed by atoms with van der Waals surface area (Å²) in [6, 6.07) is 8.11. The van der Waals surface area contributed by atoms with Crippen molar-refractivity contribution in [3.63, 3.8) is 0 Å². The van der Waals surface area contributed by atoms with E-state index >= 15 is 0 Å². The van der Waals surface area contributed by atoms with Crippen LogP contribution in [0.2, 0.25) is 0 Å². The van der Waals surface area contributed by atoms with Gasteiger partial charge in [0.2, 0.25) is 0 Å². The normalized spacial score (nSPS) is 16.3. The predicted molar refractivity (Wildman–Crippen MR) is 125 cm³/mol. The van der Waals surface area contributed by atoms with E-state index in [1.165, 1.54) is 5.56 Å². The van der Waals surface area contributed by atoms with E-state index in [4.69, 9.17) is 8.83 Å². The standard InChI is InChI=1S/C24H31N3O3.ClH/c1-15-12-19-18(4)23(30-22(19)13-16(15)2)24(28)25-14-20(21-7-6-17(3)29-21)27-10-8-26(5)9-11-27;/h6-7,12-13,20H,8-11,14H2,1-5H3,(H,25,28);1H. The number of furan rings is 2. The van der Waals surface area contributed by atoms with Gasteiger partial charge in [-0.15, -0.1) is 12.4 Å². The number of halogens is 1. The van der Waals surface area contributed by atoms with Crippen LogP contribution in [0.4, 0.5) is 0 Å². The fourth-order valence-corrected chi connectivity index (χ4v) is 4.14. The molecule has 0 saturated carbocycles. The van der Waals surface area contributed by atoms with Crippen molar-refractivity contribution < 1.29 is 13.6 Å². The van der Waals surface area contributed by atoms with Gasteiger partial charge < -0.3 is 19.1 Å². The van der Waals surface area contributed by atoms with E-state index in [1.807, 2.05) is 32.0 Å². The molecule has 1 N–H and O–H groups in total. The topological polar surface area (TPSA) is 61.9 Å². The van der Waals surface area contributed by atoms with Crippen LogP contribution in [0.15, 0.2) is 33.1 Å². The lowest BCUT2D eigenvalue weighted by Crippen LogP contribution is -2.48. The number of carbonyl (C=O) groups excluding carboxylic acids is 1. The van der Waals surface area contributed by atoms with Gasteiger partial charge in [-0.3, -0.25) is 9.69 Å². The minimum Gasteiger partial charge on any atom is -0.465 e. The van der Waals surface area contributed by atoms with Crippen LogP contribution >= 0.6 is 12.4 Å². The van der Waals surface area contributed by atoms with Gasteiger partial charge in [0.05, 0.1) is 6.04 Å². The summed E-state index contributed by atoms with van der Waals surface area (Å²) in [4.78, 5) is 17.7. The average molecular weight is 446 g/mol. The Kier molecular flexibility index (Phi) is 7.14. The number of aryl methyl sites for hydroxylation is 4. The quantitative estimate of drug-likeness (QED) is 0.630. The maximum Gasteiger partial charge on any atom is 0.287 e. The molecule has 7 heteroatoms. The van der Waals surface area contributed by atoms with Gasteiger partial charge in [-0.25, -0.2) is 0 Å². The number of amides is 1. The largest absolute Gasteiger partial charge is 0.465 e. The first-order chi connectivity index (χ1) is 14.3. The molecule has 1 fully saturated rings. The Morgan fingerprint density at radius 2 is 1.71 bits per heavy atom. The van der Waals surface area contributed by atoms with E-state index in [1.54, 1.807) is 0 Å². The van der Waals surface area contributed by atoms with Crippen molar-refractivity contribution >= 4 is 29.3 Å². The maximum absolute atomic E-state index is 13.0. The molecule has 6 nitrogen and oxygen atoms in total. The van der Waals surface area contributed by atoms with Gasteiger partial charge in [0, 0.05) is 43.7 Å². The van der Waals surface area contributed by atoms with Gasteiger partial charge in [-0.1, -0.05) is 0 Å². The van der Waals surface area contributed by atoms with Gasteiger partial charge in [-0.2, -0.15) is 0 Å². The number of benzene rings is 1. The zero-order valence-corrected chi connectivity index (χ0v) is 19.8. The Labute approximate surface area is 190 Å². The second-order valence-corrected chi connectivity index (χ2v) is 8.50. The van der Waals surface area contributed by atoms with Crippen molar-refractivity contribution in [3.8, 4) is 0 Å². The predicted octanol–water partition coefficient (Wildman–Crippen LogP) is 4.40. The molecule has 1 atom stereocenters. The molecule has 2 aromatic heterocycles. The van der Waals surface area contributed by atoms with Crippen molar-refractivity contribution in [2.45, 2.75) is 33.7 Å². The van der Waals surface area contributed by atoms with Gasteiger partial charge in [-0.05, 0) is 70.1 Å². The highest BCUT2D eigenvalue weighted by atomic mass is 35.5. The molecule has 3 aromatic rings. The summed E-state index contributed by atoms with van der Waals surface area (Å²) in [5, 5.41) is 4.10. The molecule has 1 aromatic carbocycles. The van der Waals surface area contributed by atoms with Crippen molar-refractivity contribution in [1.29, 1.82) is 0 Å². The van der Waals surface area contributed by atoms with Crippen LogP contribution in [-0.4, -0.2) is 55.5 Å². The van der Waals surface area contributed by atoms with Crippen molar-refractivity contribution in [1.82, 2.24) is 15.1 Å². The van der Waals surface area contributed by atoms with Crippen molar-refractivity contribution in [2.24, 2.45) is 0 Å². The first-order valence-electron chi connectivity index (χ1n) is 10.6. The highest BCUT2D eigenvalue weighted by Crippen LogP contribution is 2.28. The van der Waals surface area contributed by atoms with Crippen LogP contribution < -0.4 is 5.32 Å². The molecule has 31 heavy (non-hydrogen) atoms. The Morgan fingerprint density at radius 3 is 2.35 bits per heavy atom. The fourth-order valence-electron chi connectivity index (χ4n) is 4.14. The lowest BCUT2D eigenvalue weighted by molar-refractivity contribution is 0.0831. The highest BCUT2D eigenvalue weighted by Gasteiger charge is 2.28. The molecule has 0 aliphatic carbocycles. The molecule has 1 saturated heterocycles. The lowest BCUT2D eigenvalue weighted by atomic mass is 10.0. The van der Waals surface area contributed by atoms with E-state index in [-0.39, 0.29) is 24.4 Å². The molecule has 1 unspecified atom stereocenters. The molecule has 1 aliphatic heterocycles. The summed E-state index contributed by atoms with van der Waals surface area (Å²) >= 11 is 0. The number of nitrogens with one attached hydrogen (secondary N) is 1. The third-order valence-electron chi connectivity index (χ3n) is 6.28. The zero-order chi connectivity index (χ0) is 21.4. The van der Waals surface area contributed by atoms with Crippen LogP contribution in [0, 0.1) is 27.7 Å². The fraction of sp³-hybridized carbons (Fsp3) is 0.458. The summed E-state index contributed by atoms with van der Waals surface area (Å²) < 4.78 is 11.9. The molecule has 4 rings (SSSR count).